The minimum Gasteiger partial charge on any atom is -0.361 e. The van der Waals surface area contributed by atoms with E-state index >= 15 is 0 Å². The molecule has 0 aliphatic rings. The molecule has 0 amide bonds. The molecule has 0 aliphatic heterocycles. The van der Waals surface area contributed by atoms with Gasteiger partial charge >= 0.3 is 6.18 Å². The molecule has 1 aromatic carbocycles. The number of nitrogens with zero attached hydrogens (tertiary/aromatic N) is 1. The maximum Gasteiger partial charge on any atom is 0.416 e. The van der Waals surface area contributed by atoms with Gasteiger partial charge in [0.05, 0.1) is 5.56 Å². The van der Waals surface area contributed by atoms with Gasteiger partial charge in [-0.1, -0.05) is 6.92 Å². The van der Waals surface area contributed by atoms with E-state index in [1.54, 1.807) is 6.20 Å². The van der Waals surface area contributed by atoms with Crippen molar-refractivity contribution in [3.8, 4) is 0 Å². The highest BCUT2D eigenvalue weighted by atomic mass is 19.4. The summed E-state index contributed by atoms with van der Waals surface area (Å²) < 4.78 is 38.1. The molecule has 1 heterocycles. The number of H-pyrrole nitrogens is 1. The molecule has 0 atom stereocenters. The zero-order chi connectivity index (χ0) is 14.0. The Morgan fingerprint density at radius 3 is 2.63 bits per heavy atom. The van der Waals surface area contributed by atoms with Gasteiger partial charge in [0.1, 0.15) is 0 Å². The number of hydrogen-bond donors (Lipinski definition) is 1. The zero-order valence-electron chi connectivity index (χ0n) is 11.0. The first-order chi connectivity index (χ1) is 8.91. The van der Waals surface area contributed by atoms with Crippen LogP contribution in [-0.2, 0) is 12.6 Å². The molecular formula is C14H17F3N2. The van der Waals surface area contributed by atoms with E-state index in [1.165, 1.54) is 12.1 Å². The van der Waals surface area contributed by atoms with E-state index in [1.807, 2.05) is 7.05 Å². The van der Waals surface area contributed by atoms with Crippen molar-refractivity contribution in [2.24, 2.45) is 0 Å². The van der Waals surface area contributed by atoms with Gasteiger partial charge in [-0.15, -0.1) is 0 Å². The number of aromatic amines is 1. The van der Waals surface area contributed by atoms with Crippen LogP contribution < -0.4 is 0 Å². The number of likely N-dealkylation sites (N-methyl/N-ethyl adjacent to an activating group) is 1. The van der Waals surface area contributed by atoms with E-state index < -0.39 is 11.7 Å². The quantitative estimate of drug-likeness (QED) is 0.898. The van der Waals surface area contributed by atoms with E-state index in [4.69, 9.17) is 0 Å². The number of fused-ring (bicyclic) bond motifs is 1. The van der Waals surface area contributed by atoms with E-state index in [0.717, 1.165) is 36.7 Å². The van der Waals surface area contributed by atoms with Gasteiger partial charge in [0.25, 0.3) is 0 Å². The van der Waals surface area contributed by atoms with Gasteiger partial charge in [-0.2, -0.15) is 13.2 Å². The Morgan fingerprint density at radius 1 is 1.26 bits per heavy atom. The predicted molar refractivity (Wildman–Crippen MR) is 70.2 cm³/mol. The zero-order valence-corrected chi connectivity index (χ0v) is 11.0. The van der Waals surface area contributed by atoms with Crippen LogP contribution in [0.15, 0.2) is 24.4 Å². The molecule has 1 aromatic heterocycles. The summed E-state index contributed by atoms with van der Waals surface area (Å²) in [4.78, 5) is 5.15. The van der Waals surface area contributed by atoms with Gasteiger partial charge in [0.15, 0.2) is 0 Å². The molecule has 0 fully saturated rings. The number of nitrogens with one attached hydrogen (secondary N) is 1. The van der Waals surface area contributed by atoms with Crippen LogP contribution in [0, 0.1) is 0 Å². The summed E-state index contributed by atoms with van der Waals surface area (Å²) in [6, 6.07) is 3.83. The molecule has 2 nitrogen and oxygen atoms in total. The van der Waals surface area contributed by atoms with Crippen molar-refractivity contribution in [1.29, 1.82) is 0 Å². The number of hydrogen-bond acceptors (Lipinski definition) is 1. The smallest absolute Gasteiger partial charge is 0.361 e. The summed E-state index contributed by atoms with van der Waals surface area (Å²) in [6.07, 6.45) is -1.75. The lowest BCUT2D eigenvalue weighted by Crippen LogP contribution is -2.20. The first kappa shape index (κ1) is 13.9. The molecule has 0 spiro atoms. The van der Waals surface area contributed by atoms with Crippen LogP contribution >= 0.6 is 0 Å². The van der Waals surface area contributed by atoms with Crippen molar-refractivity contribution in [2.75, 3.05) is 20.1 Å². The van der Waals surface area contributed by atoms with Crippen LogP contribution in [0.4, 0.5) is 13.2 Å². The van der Waals surface area contributed by atoms with Crippen molar-refractivity contribution < 1.29 is 13.2 Å². The number of alkyl halides is 3. The summed E-state index contributed by atoms with van der Waals surface area (Å²) >= 11 is 0. The molecule has 104 valence electrons. The molecule has 5 heteroatoms. The van der Waals surface area contributed by atoms with Crippen LogP contribution in [0.1, 0.15) is 18.1 Å². The first-order valence-corrected chi connectivity index (χ1v) is 6.27. The fourth-order valence-corrected chi connectivity index (χ4v) is 2.03. The van der Waals surface area contributed by atoms with Crippen molar-refractivity contribution in [2.45, 2.75) is 19.5 Å². The third-order valence-corrected chi connectivity index (χ3v) is 3.40. The van der Waals surface area contributed by atoms with Crippen molar-refractivity contribution in [3.05, 3.63) is 35.5 Å². The summed E-state index contributed by atoms with van der Waals surface area (Å²) in [5.41, 5.74) is 1.09. The van der Waals surface area contributed by atoms with Gasteiger partial charge in [-0.05, 0) is 43.8 Å². The molecule has 0 aliphatic carbocycles. The molecule has 0 bridgehead atoms. The van der Waals surface area contributed by atoms with Crippen LogP contribution in [0.2, 0.25) is 0 Å². The van der Waals surface area contributed by atoms with Gasteiger partial charge in [-0.25, -0.2) is 0 Å². The summed E-state index contributed by atoms with van der Waals surface area (Å²) in [5.74, 6) is 0. The molecule has 2 aromatic rings. The number of halogens is 3. The molecule has 19 heavy (non-hydrogen) atoms. The summed E-state index contributed by atoms with van der Waals surface area (Å²) in [6.45, 7) is 3.81. The normalized spacial score (nSPS) is 12.5. The molecule has 2 rings (SSSR count). The lowest BCUT2D eigenvalue weighted by molar-refractivity contribution is -0.137. The largest absolute Gasteiger partial charge is 0.416 e. The fraction of sp³-hybridized carbons (Fsp3) is 0.429. The summed E-state index contributed by atoms with van der Waals surface area (Å²) in [7, 11) is 2.00. The maximum absolute atomic E-state index is 12.7. The Kier molecular flexibility index (Phi) is 3.85. The van der Waals surface area contributed by atoms with Crippen LogP contribution in [-0.4, -0.2) is 30.0 Å². The Labute approximate surface area is 110 Å². The highest BCUT2D eigenvalue weighted by Gasteiger charge is 2.30. The average Bonchev–Trinajstić information content (AvgIpc) is 2.77. The topological polar surface area (TPSA) is 19.0 Å². The highest BCUT2D eigenvalue weighted by molar-refractivity contribution is 5.84. The third kappa shape index (κ3) is 3.10. The average molecular weight is 270 g/mol. The Bertz CT molecular complexity index is 557. The molecule has 0 unspecified atom stereocenters. The first-order valence-electron chi connectivity index (χ1n) is 6.27. The number of rotatable bonds is 4. The Balaban J connectivity index is 2.30. The van der Waals surface area contributed by atoms with Gasteiger partial charge in [0, 0.05) is 23.6 Å². The second-order valence-electron chi connectivity index (χ2n) is 4.72. The van der Waals surface area contributed by atoms with E-state index in [0.29, 0.717) is 5.39 Å². The monoisotopic (exact) mass is 270 g/mol. The number of benzene rings is 1. The fourth-order valence-electron chi connectivity index (χ4n) is 2.03. The molecule has 0 radical (unpaired) electrons. The molecule has 0 saturated carbocycles. The maximum atomic E-state index is 12.7. The van der Waals surface area contributed by atoms with Gasteiger partial charge in [0.2, 0.25) is 0 Å². The minimum absolute atomic E-state index is 0.593. The van der Waals surface area contributed by atoms with Crippen molar-refractivity contribution in [1.82, 2.24) is 9.88 Å². The third-order valence-electron chi connectivity index (χ3n) is 3.40. The Hall–Kier alpha value is -1.49. The highest BCUT2D eigenvalue weighted by Crippen LogP contribution is 2.32. The van der Waals surface area contributed by atoms with E-state index in [2.05, 4.69) is 16.8 Å². The van der Waals surface area contributed by atoms with Gasteiger partial charge in [-0.3, -0.25) is 0 Å². The molecular weight excluding hydrogens is 253 g/mol. The SMILES string of the molecule is CCN(C)CCc1c[nH]c2ccc(C(F)(F)F)cc12. The van der Waals surface area contributed by atoms with Crippen molar-refractivity contribution in [3.63, 3.8) is 0 Å². The molecule has 0 saturated heterocycles. The van der Waals surface area contributed by atoms with Crippen LogP contribution in [0.3, 0.4) is 0 Å². The second kappa shape index (κ2) is 5.25. The van der Waals surface area contributed by atoms with E-state index in [-0.39, 0.29) is 0 Å². The van der Waals surface area contributed by atoms with Crippen LogP contribution in [0.5, 0.6) is 0 Å². The second-order valence-corrected chi connectivity index (χ2v) is 4.72. The predicted octanol–water partition coefficient (Wildman–Crippen LogP) is 3.68. The van der Waals surface area contributed by atoms with Gasteiger partial charge < -0.3 is 9.88 Å². The summed E-state index contributed by atoms with van der Waals surface area (Å²) in [5, 5.41) is 0.666. The minimum atomic E-state index is -4.29. The van der Waals surface area contributed by atoms with Crippen molar-refractivity contribution >= 4 is 10.9 Å². The standard InChI is InChI=1S/C14H17F3N2/c1-3-19(2)7-6-10-9-18-13-5-4-11(8-12(10)13)14(15,16)17/h4-5,8-9,18H,3,6-7H2,1-2H3. The Morgan fingerprint density at radius 2 is 2.00 bits per heavy atom. The lowest BCUT2D eigenvalue weighted by Gasteiger charge is -2.13. The molecule has 1 N–H and O–H groups in total. The van der Waals surface area contributed by atoms with Crippen LogP contribution in [0.25, 0.3) is 10.9 Å². The number of aromatic nitrogens is 1. The lowest BCUT2D eigenvalue weighted by atomic mass is 10.1. The van der Waals surface area contributed by atoms with E-state index in [9.17, 15) is 13.2 Å².